The summed E-state index contributed by atoms with van der Waals surface area (Å²) in [6.45, 7) is 5.21. The molecule has 2 amide bonds. The van der Waals surface area contributed by atoms with E-state index in [2.05, 4.69) is 6.92 Å². The molecule has 1 aromatic rings. The molecule has 2 heterocycles. The van der Waals surface area contributed by atoms with Gasteiger partial charge in [0.25, 0.3) is 11.8 Å². The zero-order valence-electron chi connectivity index (χ0n) is 13.2. The molecule has 0 bridgehead atoms. The fourth-order valence-electron chi connectivity index (χ4n) is 2.87. The average Bonchev–Trinajstić information content (AvgIpc) is 2.98. The summed E-state index contributed by atoms with van der Waals surface area (Å²) in [6, 6.07) is 7.62. The van der Waals surface area contributed by atoms with Crippen molar-refractivity contribution in [2.45, 2.75) is 26.7 Å². The summed E-state index contributed by atoms with van der Waals surface area (Å²) in [5.74, 6) is -0.241. The molecule has 0 atom stereocenters. The Bertz CT molecular complexity index is 727. The molecule has 0 N–H and O–H groups in total. The molecule has 23 heavy (non-hydrogen) atoms. The molecule has 120 valence electrons. The third kappa shape index (κ3) is 2.60. The molecule has 2 aliphatic rings. The Kier molecular flexibility index (Phi) is 4.55. The number of rotatable bonds is 4. The normalized spacial score (nSPS) is 20.7. The van der Waals surface area contributed by atoms with E-state index in [-0.39, 0.29) is 11.8 Å². The van der Waals surface area contributed by atoms with Crippen LogP contribution in [0.15, 0.2) is 29.2 Å². The van der Waals surface area contributed by atoms with Gasteiger partial charge >= 0.3 is 0 Å². The highest BCUT2D eigenvalue weighted by Crippen LogP contribution is 2.44. The molecular formula is C17H18N2O2S2. The Morgan fingerprint density at radius 3 is 2.52 bits per heavy atom. The van der Waals surface area contributed by atoms with Crippen LogP contribution in [0.25, 0.3) is 5.57 Å². The average molecular weight is 346 g/mol. The van der Waals surface area contributed by atoms with Crippen LogP contribution in [0.5, 0.6) is 0 Å². The highest BCUT2D eigenvalue weighted by molar-refractivity contribution is 8.26. The van der Waals surface area contributed by atoms with E-state index in [4.69, 9.17) is 12.2 Å². The van der Waals surface area contributed by atoms with Crippen LogP contribution in [0.4, 0.5) is 5.69 Å². The number of carbonyl (C=O) groups is 2. The van der Waals surface area contributed by atoms with Crippen molar-refractivity contribution in [1.29, 1.82) is 0 Å². The molecule has 1 fully saturated rings. The van der Waals surface area contributed by atoms with E-state index in [1.165, 1.54) is 11.8 Å². The first kappa shape index (κ1) is 16.2. The number of anilines is 1. The van der Waals surface area contributed by atoms with E-state index < -0.39 is 0 Å². The summed E-state index contributed by atoms with van der Waals surface area (Å²) in [6.07, 6.45) is 1.90. The smallest absolute Gasteiger partial charge is 0.267 e. The summed E-state index contributed by atoms with van der Waals surface area (Å²) in [4.78, 5) is 29.3. The summed E-state index contributed by atoms with van der Waals surface area (Å²) in [5.41, 5.74) is 2.20. The lowest BCUT2D eigenvalue weighted by atomic mass is 10.1. The number of hydrogen-bond acceptors (Lipinski definition) is 4. The molecule has 1 saturated heterocycles. The topological polar surface area (TPSA) is 40.6 Å². The van der Waals surface area contributed by atoms with E-state index in [0.29, 0.717) is 27.9 Å². The Hall–Kier alpha value is -1.66. The van der Waals surface area contributed by atoms with Crippen molar-refractivity contribution in [1.82, 2.24) is 4.90 Å². The van der Waals surface area contributed by atoms with Gasteiger partial charge in [-0.3, -0.25) is 14.5 Å². The summed E-state index contributed by atoms with van der Waals surface area (Å²) >= 11 is 6.60. The number of hydrogen-bond donors (Lipinski definition) is 0. The van der Waals surface area contributed by atoms with Crippen LogP contribution >= 0.6 is 24.0 Å². The highest BCUT2D eigenvalue weighted by atomic mass is 32.2. The number of para-hydroxylation sites is 1. The standard InChI is InChI=1S/C17H18N2O2S2/c1-3-5-10-19-16(21)14(23-17(19)22)13-11-8-6-7-9-12(11)18(4-2)15(13)20/h6-9H,3-5,10H2,1-2H3/b14-13-. The SMILES string of the molecule is CCCCN1C(=O)/C(=C2/C(=O)N(CC)c3ccccc32)SC1=S. The van der Waals surface area contributed by atoms with Gasteiger partial charge in [0.2, 0.25) is 0 Å². The fraction of sp³-hybridized carbons (Fsp3) is 0.353. The zero-order chi connectivity index (χ0) is 16.6. The first-order chi connectivity index (χ1) is 11.1. The Balaban J connectivity index is 2.07. The van der Waals surface area contributed by atoms with Crippen LogP contribution in [0, 0.1) is 0 Å². The van der Waals surface area contributed by atoms with Crippen molar-refractivity contribution in [2.75, 3.05) is 18.0 Å². The predicted molar refractivity (Wildman–Crippen MR) is 98.2 cm³/mol. The fourth-order valence-corrected chi connectivity index (χ4v) is 4.25. The van der Waals surface area contributed by atoms with Crippen molar-refractivity contribution in [2.24, 2.45) is 0 Å². The zero-order valence-corrected chi connectivity index (χ0v) is 14.8. The maximum Gasteiger partial charge on any atom is 0.267 e. The number of likely N-dealkylation sites (N-methyl/N-ethyl adjacent to an activating group) is 1. The Morgan fingerprint density at radius 1 is 1.09 bits per heavy atom. The third-order valence-corrected chi connectivity index (χ3v) is 5.50. The minimum Gasteiger partial charge on any atom is -0.308 e. The third-order valence-electron chi connectivity index (χ3n) is 4.05. The number of unbranched alkanes of at least 4 members (excludes halogenated alkanes) is 1. The van der Waals surface area contributed by atoms with Gasteiger partial charge < -0.3 is 4.90 Å². The van der Waals surface area contributed by atoms with Gasteiger partial charge in [-0.2, -0.15) is 0 Å². The summed E-state index contributed by atoms with van der Waals surface area (Å²) in [5, 5.41) is 0. The van der Waals surface area contributed by atoms with E-state index in [1.807, 2.05) is 31.2 Å². The highest BCUT2D eigenvalue weighted by Gasteiger charge is 2.41. The van der Waals surface area contributed by atoms with E-state index >= 15 is 0 Å². The van der Waals surface area contributed by atoms with Gasteiger partial charge in [0, 0.05) is 18.7 Å². The number of benzene rings is 1. The molecule has 6 heteroatoms. The maximum atomic E-state index is 12.8. The van der Waals surface area contributed by atoms with Crippen molar-refractivity contribution >= 4 is 51.4 Å². The van der Waals surface area contributed by atoms with Crippen molar-refractivity contribution < 1.29 is 9.59 Å². The molecular weight excluding hydrogens is 328 g/mol. The van der Waals surface area contributed by atoms with Crippen LogP contribution < -0.4 is 4.90 Å². The first-order valence-electron chi connectivity index (χ1n) is 7.79. The van der Waals surface area contributed by atoms with Crippen molar-refractivity contribution in [3.05, 3.63) is 34.7 Å². The quantitative estimate of drug-likeness (QED) is 0.619. The first-order valence-corrected chi connectivity index (χ1v) is 9.01. The second kappa shape index (κ2) is 6.45. The lowest BCUT2D eigenvalue weighted by Gasteiger charge is -2.14. The van der Waals surface area contributed by atoms with Crippen molar-refractivity contribution in [3.63, 3.8) is 0 Å². The number of thioether (sulfide) groups is 1. The van der Waals surface area contributed by atoms with Gasteiger partial charge in [-0.1, -0.05) is 55.5 Å². The van der Waals surface area contributed by atoms with E-state index in [1.54, 1.807) is 9.80 Å². The van der Waals surface area contributed by atoms with Gasteiger partial charge in [0.15, 0.2) is 0 Å². The van der Waals surface area contributed by atoms with Crippen LogP contribution in [-0.4, -0.2) is 34.1 Å². The second-order valence-electron chi connectivity index (χ2n) is 5.45. The summed E-state index contributed by atoms with van der Waals surface area (Å²) in [7, 11) is 0. The number of amides is 2. The molecule has 0 aliphatic carbocycles. The Morgan fingerprint density at radius 2 is 1.83 bits per heavy atom. The number of carbonyl (C=O) groups excluding carboxylic acids is 2. The minimum absolute atomic E-state index is 0.107. The lowest BCUT2D eigenvalue weighted by Crippen LogP contribution is -2.30. The molecule has 0 radical (unpaired) electrons. The van der Waals surface area contributed by atoms with Gasteiger partial charge in [-0.15, -0.1) is 0 Å². The van der Waals surface area contributed by atoms with Crippen LogP contribution in [0.2, 0.25) is 0 Å². The van der Waals surface area contributed by atoms with E-state index in [0.717, 1.165) is 24.1 Å². The van der Waals surface area contributed by atoms with Gasteiger partial charge in [-0.05, 0) is 19.4 Å². The molecule has 0 saturated carbocycles. The molecule has 3 rings (SSSR count). The molecule has 1 aromatic carbocycles. The van der Waals surface area contributed by atoms with Crippen LogP contribution in [0.1, 0.15) is 32.3 Å². The second-order valence-corrected chi connectivity index (χ2v) is 7.09. The minimum atomic E-state index is -0.135. The number of fused-ring (bicyclic) bond motifs is 1. The van der Waals surface area contributed by atoms with Gasteiger partial charge in [0.1, 0.15) is 4.32 Å². The maximum absolute atomic E-state index is 12.8. The monoisotopic (exact) mass is 346 g/mol. The van der Waals surface area contributed by atoms with E-state index in [9.17, 15) is 9.59 Å². The number of thiocarbonyl (C=S) groups is 1. The molecule has 0 spiro atoms. The largest absolute Gasteiger partial charge is 0.308 e. The lowest BCUT2D eigenvalue weighted by molar-refractivity contribution is -0.122. The van der Waals surface area contributed by atoms with Gasteiger partial charge in [0.05, 0.1) is 16.2 Å². The molecule has 2 aliphatic heterocycles. The molecule has 4 nitrogen and oxygen atoms in total. The number of nitrogens with zero attached hydrogens (tertiary/aromatic N) is 2. The van der Waals surface area contributed by atoms with Crippen molar-refractivity contribution in [3.8, 4) is 0 Å². The van der Waals surface area contributed by atoms with Crippen LogP contribution in [-0.2, 0) is 9.59 Å². The Labute approximate surface area is 145 Å². The molecule has 0 aromatic heterocycles. The summed E-state index contributed by atoms with van der Waals surface area (Å²) < 4.78 is 0.547. The van der Waals surface area contributed by atoms with Gasteiger partial charge in [-0.25, -0.2) is 0 Å². The predicted octanol–water partition coefficient (Wildman–Crippen LogP) is 3.42. The van der Waals surface area contributed by atoms with Crippen LogP contribution in [0.3, 0.4) is 0 Å². The molecule has 0 unspecified atom stereocenters.